The number of nitrogens with zero attached hydrogens (tertiary/aromatic N) is 2. The summed E-state index contributed by atoms with van der Waals surface area (Å²) in [5.41, 5.74) is 1.83. The number of hydrogen-bond donors (Lipinski definition) is 0. The summed E-state index contributed by atoms with van der Waals surface area (Å²) in [6.45, 7) is 2.58. The van der Waals surface area contributed by atoms with Crippen LogP contribution < -0.4 is 4.74 Å². The van der Waals surface area contributed by atoms with E-state index in [-0.39, 0.29) is 11.7 Å². The summed E-state index contributed by atoms with van der Waals surface area (Å²) < 4.78 is 18.9. The molecule has 4 nitrogen and oxygen atoms in total. The van der Waals surface area contributed by atoms with Crippen molar-refractivity contribution in [3.8, 4) is 5.75 Å². The minimum absolute atomic E-state index is 0.0276. The molecule has 2 bridgehead atoms. The van der Waals surface area contributed by atoms with Crippen molar-refractivity contribution in [2.45, 2.75) is 37.8 Å². The third-order valence-corrected chi connectivity index (χ3v) is 7.25. The van der Waals surface area contributed by atoms with Gasteiger partial charge in [-0.25, -0.2) is 4.39 Å². The second-order valence-electron chi connectivity index (χ2n) is 9.07. The summed E-state index contributed by atoms with van der Waals surface area (Å²) in [5.74, 6) is 1.50. The van der Waals surface area contributed by atoms with Crippen molar-refractivity contribution in [1.29, 1.82) is 0 Å². The highest BCUT2D eigenvalue weighted by Crippen LogP contribution is 2.44. The first kappa shape index (κ1) is 19.6. The highest BCUT2D eigenvalue weighted by Gasteiger charge is 2.45. The van der Waals surface area contributed by atoms with Gasteiger partial charge in [0.25, 0.3) is 5.91 Å². The predicted molar refractivity (Wildman–Crippen MR) is 114 cm³/mol. The van der Waals surface area contributed by atoms with Crippen molar-refractivity contribution in [2.24, 2.45) is 11.8 Å². The van der Waals surface area contributed by atoms with Crippen LogP contribution in [0.1, 0.15) is 47.6 Å². The van der Waals surface area contributed by atoms with Crippen LogP contribution in [0.4, 0.5) is 4.39 Å². The lowest BCUT2D eigenvalue weighted by Gasteiger charge is -2.55. The van der Waals surface area contributed by atoms with E-state index < -0.39 is 0 Å². The van der Waals surface area contributed by atoms with Crippen molar-refractivity contribution < 1.29 is 13.9 Å². The summed E-state index contributed by atoms with van der Waals surface area (Å²) in [7, 11) is 1.70. The molecule has 0 N–H and O–H groups in total. The fraction of sp³-hybridized carbons (Fsp3) is 0.480. The van der Waals surface area contributed by atoms with Gasteiger partial charge in [0.05, 0.1) is 7.11 Å². The topological polar surface area (TPSA) is 32.8 Å². The number of ether oxygens (including phenoxy) is 1. The summed E-state index contributed by atoms with van der Waals surface area (Å²) in [4.78, 5) is 17.7. The van der Waals surface area contributed by atoms with E-state index in [1.165, 1.54) is 43.4 Å². The zero-order valence-electron chi connectivity index (χ0n) is 17.5. The van der Waals surface area contributed by atoms with Crippen LogP contribution in [-0.4, -0.2) is 48.5 Å². The molecule has 3 fully saturated rings. The van der Waals surface area contributed by atoms with Crippen molar-refractivity contribution in [3.05, 3.63) is 65.5 Å². The molecule has 4 atom stereocenters. The van der Waals surface area contributed by atoms with E-state index in [9.17, 15) is 9.18 Å². The van der Waals surface area contributed by atoms with E-state index in [1.807, 2.05) is 4.90 Å². The number of benzene rings is 2. The summed E-state index contributed by atoms with van der Waals surface area (Å²) in [6, 6.07) is 15.6. The largest absolute Gasteiger partial charge is 0.497 e. The first-order valence-electron chi connectivity index (χ1n) is 11.1. The van der Waals surface area contributed by atoms with E-state index in [0.717, 1.165) is 25.4 Å². The lowest BCUT2D eigenvalue weighted by Crippen LogP contribution is -2.60. The molecule has 3 saturated heterocycles. The minimum Gasteiger partial charge on any atom is -0.497 e. The molecule has 5 rings (SSSR count). The average molecular weight is 409 g/mol. The molecule has 1 amide bonds. The maximum absolute atomic E-state index is 13.6. The normalized spacial score (nSPS) is 28.7. The van der Waals surface area contributed by atoms with Gasteiger partial charge >= 0.3 is 0 Å². The van der Waals surface area contributed by atoms with E-state index in [4.69, 9.17) is 4.74 Å². The van der Waals surface area contributed by atoms with Crippen LogP contribution in [0.2, 0.25) is 0 Å². The standard InChI is InChI=1S/C25H29FN2O2/c1-30-22-10-8-18(9-11-22)23-6-3-7-24-20-12-17(15-28(23)24)14-27(16-20)25(29)19-4-2-5-21(26)13-19/h2,4-5,8-11,13,17,20,23-24H,3,6-7,12,14-16H2,1H3/t17-,20+,23+,24-/m0/s1. The number of likely N-dealkylation sites (tertiary alicyclic amines) is 1. The van der Waals surface area contributed by atoms with Gasteiger partial charge in [-0.15, -0.1) is 0 Å². The van der Waals surface area contributed by atoms with Crippen molar-refractivity contribution in [2.75, 3.05) is 26.7 Å². The Labute approximate surface area is 177 Å². The van der Waals surface area contributed by atoms with Gasteiger partial charge in [0.2, 0.25) is 0 Å². The van der Waals surface area contributed by atoms with Crippen LogP contribution in [0.5, 0.6) is 5.75 Å². The van der Waals surface area contributed by atoms with Crippen LogP contribution in [0.15, 0.2) is 48.5 Å². The number of fused-ring (bicyclic) bond motifs is 4. The van der Waals surface area contributed by atoms with Crippen LogP contribution in [-0.2, 0) is 0 Å². The van der Waals surface area contributed by atoms with Crippen molar-refractivity contribution >= 4 is 5.91 Å². The average Bonchev–Trinajstić information content (AvgIpc) is 2.78. The summed E-state index contributed by atoms with van der Waals surface area (Å²) in [6.07, 6.45) is 4.81. The van der Waals surface area contributed by atoms with Crippen molar-refractivity contribution in [3.63, 3.8) is 0 Å². The number of carbonyl (C=O) groups is 1. The van der Waals surface area contributed by atoms with E-state index in [1.54, 1.807) is 19.2 Å². The monoisotopic (exact) mass is 408 g/mol. The van der Waals surface area contributed by atoms with Gasteiger partial charge in [0.1, 0.15) is 11.6 Å². The third kappa shape index (κ3) is 3.60. The number of carbonyl (C=O) groups excluding carboxylic acids is 1. The minimum atomic E-state index is -0.348. The van der Waals surface area contributed by atoms with Crippen LogP contribution >= 0.6 is 0 Å². The Bertz CT molecular complexity index is 916. The Morgan fingerprint density at radius 1 is 1.07 bits per heavy atom. The maximum Gasteiger partial charge on any atom is 0.253 e. The molecule has 0 saturated carbocycles. The lowest BCUT2D eigenvalue weighted by atomic mass is 9.74. The van der Waals surface area contributed by atoms with Gasteiger partial charge in [-0.3, -0.25) is 9.69 Å². The predicted octanol–water partition coefficient (Wildman–Crippen LogP) is 4.52. The van der Waals surface area contributed by atoms with Crippen molar-refractivity contribution in [1.82, 2.24) is 9.80 Å². The van der Waals surface area contributed by atoms with E-state index in [0.29, 0.717) is 29.5 Å². The first-order valence-corrected chi connectivity index (χ1v) is 11.1. The smallest absolute Gasteiger partial charge is 0.253 e. The molecule has 3 aliphatic heterocycles. The molecule has 5 heteroatoms. The molecule has 0 radical (unpaired) electrons. The summed E-state index contributed by atoms with van der Waals surface area (Å²) in [5, 5.41) is 0. The first-order chi connectivity index (χ1) is 14.6. The van der Waals surface area contributed by atoms with Crippen LogP contribution in [0.25, 0.3) is 0 Å². The number of halogens is 1. The lowest BCUT2D eigenvalue weighted by molar-refractivity contribution is -0.0511. The van der Waals surface area contributed by atoms with Gasteiger partial charge in [0.15, 0.2) is 0 Å². The van der Waals surface area contributed by atoms with Crippen LogP contribution in [0.3, 0.4) is 0 Å². The highest BCUT2D eigenvalue weighted by molar-refractivity contribution is 5.94. The SMILES string of the molecule is COc1ccc([C@H]2CCC[C@H]3[C@@H]4C[C@@H](CN(C(=O)c5cccc(F)c5)C4)CN23)cc1. The molecule has 2 aromatic rings. The molecular formula is C25H29FN2O2. The fourth-order valence-electron chi connectivity index (χ4n) is 5.96. The summed E-state index contributed by atoms with van der Waals surface area (Å²) >= 11 is 0. The number of amides is 1. The molecule has 30 heavy (non-hydrogen) atoms. The number of methoxy groups -OCH3 is 1. The zero-order valence-corrected chi connectivity index (χ0v) is 17.5. The van der Waals surface area contributed by atoms with Gasteiger partial charge in [-0.05, 0) is 73.4 Å². The number of rotatable bonds is 3. The van der Waals surface area contributed by atoms with Gasteiger partial charge in [-0.2, -0.15) is 0 Å². The number of hydrogen-bond acceptors (Lipinski definition) is 3. The Morgan fingerprint density at radius 2 is 1.90 bits per heavy atom. The molecule has 158 valence electrons. The molecule has 3 heterocycles. The third-order valence-electron chi connectivity index (χ3n) is 7.25. The fourth-order valence-corrected chi connectivity index (χ4v) is 5.96. The molecule has 3 aliphatic rings. The Balaban J connectivity index is 1.34. The van der Waals surface area contributed by atoms with Crippen LogP contribution in [0, 0.1) is 17.7 Å². The molecule has 0 spiro atoms. The zero-order chi connectivity index (χ0) is 20.7. The second kappa shape index (κ2) is 8.03. The second-order valence-corrected chi connectivity index (χ2v) is 9.07. The Kier molecular flexibility index (Phi) is 5.23. The molecule has 2 aromatic carbocycles. The quantitative estimate of drug-likeness (QED) is 0.749. The van der Waals surface area contributed by atoms with E-state index >= 15 is 0 Å². The van der Waals surface area contributed by atoms with Gasteiger partial charge in [-0.1, -0.05) is 18.2 Å². The maximum atomic E-state index is 13.6. The Morgan fingerprint density at radius 3 is 2.67 bits per heavy atom. The van der Waals surface area contributed by atoms with Gasteiger partial charge in [0, 0.05) is 37.3 Å². The molecular weight excluding hydrogens is 379 g/mol. The molecule has 0 unspecified atom stereocenters. The van der Waals surface area contributed by atoms with Gasteiger partial charge < -0.3 is 9.64 Å². The Hall–Kier alpha value is -2.40. The number of piperidine rings is 3. The molecule has 0 aliphatic carbocycles. The molecule has 0 aromatic heterocycles. The highest BCUT2D eigenvalue weighted by atomic mass is 19.1. The van der Waals surface area contributed by atoms with E-state index in [2.05, 4.69) is 29.2 Å².